The Morgan fingerprint density at radius 2 is 2.26 bits per heavy atom. The Morgan fingerprint density at radius 3 is 2.84 bits per heavy atom. The minimum Gasteiger partial charge on any atom is -0.477 e. The van der Waals surface area contributed by atoms with E-state index in [-0.39, 0.29) is 26.6 Å². The van der Waals surface area contributed by atoms with E-state index in [2.05, 4.69) is 30.6 Å². The number of anilines is 1. The SMILES string of the molecule is Nc1nc(/C(=N\O)C(=O)N[C@@H]2C(=O)N3C(C(=O)O)=C(Sc4ncn[nH]4)CS[C@H]23)c(Cl)s1. The number of amides is 2. The number of thiazole rings is 1. The van der Waals surface area contributed by atoms with E-state index in [0.29, 0.717) is 10.1 Å². The smallest absolute Gasteiger partial charge is 0.353 e. The zero-order chi connectivity index (χ0) is 22.3. The highest BCUT2D eigenvalue weighted by Gasteiger charge is 2.54. The zero-order valence-corrected chi connectivity index (χ0v) is 18.2. The number of fused-ring (bicyclic) bond motifs is 1. The van der Waals surface area contributed by atoms with Gasteiger partial charge in [-0.3, -0.25) is 19.6 Å². The number of aromatic nitrogens is 4. The third kappa shape index (κ3) is 3.82. The molecule has 2 atom stereocenters. The molecule has 4 rings (SSSR count). The van der Waals surface area contributed by atoms with Crippen LogP contribution in [0.2, 0.25) is 4.34 Å². The van der Waals surface area contributed by atoms with Gasteiger partial charge in [0.25, 0.3) is 11.8 Å². The minimum absolute atomic E-state index is 0.0410. The molecule has 2 aromatic rings. The molecule has 4 heterocycles. The molecule has 2 amide bonds. The van der Waals surface area contributed by atoms with Gasteiger partial charge in [-0.25, -0.2) is 14.8 Å². The monoisotopic (exact) mass is 502 g/mol. The molecule has 6 N–H and O–H groups in total. The van der Waals surface area contributed by atoms with E-state index in [4.69, 9.17) is 17.3 Å². The number of carbonyl (C=O) groups excluding carboxylic acids is 2. The summed E-state index contributed by atoms with van der Waals surface area (Å²) in [5, 5.41) is 30.4. The van der Waals surface area contributed by atoms with Gasteiger partial charge >= 0.3 is 5.97 Å². The number of nitrogens with one attached hydrogen (secondary N) is 2. The van der Waals surface area contributed by atoms with Gasteiger partial charge in [0.15, 0.2) is 16.0 Å². The van der Waals surface area contributed by atoms with E-state index in [0.717, 1.165) is 28.0 Å². The first kappa shape index (κ1) is 21.4. The van der Waals surface area contributed by atoms with Crippen molar-refractivity contribution in [3.63, 3.8) is 0 Å². The highest BCUT2D eigenvalue weighted by atomic mass is 35.5. The lowest BCUT2D eigenvalue weighted by Crippen LogP contribution is -2.71. The molecule has 31 heavy (non-hydrogen) atoms. The van der Waals surface area contributed by atoms with Crippen LogP contribution >= 0.6 is 46.5 Å². The lowest BCUT2D eigenvalue weighted by molar-refractivity contribution is -0.150. The van der Waals surface area contributed by atoms with Crippen LogP contribution in [-0.4, -0.2) is 76.0 Å². The molecule has 0 bridgehead atoms. The summed E-state index contributed by atoms with van der Waals surface area (Å²) in [5.41, 5.74) is 4.72. The fourth-order valence-electron chi connectivity index (χ4n) is 2.90. The molecular weight excluding hydrogens is 492 g/mol. The summed E-state index contributed by atoms with van der Waals surface area (Å²) in [6.07, 6.45) is 1.28. The van der Waals surface area contributed by atoms with Crippen LogP contribution in [0, 0.1) is 0 Å². The number of carbonyl (C=O) groups is 3. The Kier molecular flexibility index (Phi) is 5.78. The van der Waals surface area contributed by atoms with E-state index in [1.165, 1.54) is 18.1 Å². The summed E-state index contributed by atoms with van der Waals surface area (Å²) in [5.74, 6) is -2.55. The van der Waals surface area contributed by atoms with Crippen molar-refractivity contribution in [1.82, 2.24) is 30.4 Å². The van der Waals surface area contributed by atoms with Crippen LogP contribution in [0.4, 0.5) is 5.13 Å². The second kappa shape index (κ2) is 8.37. The molecule has 17 heteroatoms. The number of H-pyrrole nitrogens is 1. The maximum absolute atomic E-state index is 12.7. The number of carboxylic acid groups (broad SMARTS) is 1. The summed E-state index contributed by atoms with van der Waals surface area (Å²) >= 11 is 9.16. The Bertz CT molecular complexity index is 1130. The van der Waals surface area contributed by atoms with Crippen molar-refractivity contribution in [3.8, 4) is 0 Å². The normalized spacial score (nSPS) is 21.0. The number of halogens is 1. The predicted octanol–water partition coefficient (Wildman–Crippen LogP) is 0.164. The van der Waals surface area contributed by atoms with Gasteiger partial charge in [0.05, 0.1) is 0 Å². The molecule has 2 aliphatic rings. The van der Waals surface area contributed by atoms with Crippen molar-refractivity contribution in [1.29, 1.82) is 0 Å². The van der Waals surface area contributed by atoms with Gasteiger partial charge in [-0.05, 0) is 0 Å². The lowest BCUT2D eigenvalue weighted by atomic mass is 10.0. The third-order valence-electron chi connectivity index (χ3n) is 4.18. The first-order valence-corrected chi connectivity index (χ1v) is 11.3. The highest BCUT2D eigenvalue weighted by molar-refractivity contribution is 8.06. The molecule has 0 saturated carbocycles. The summed E-state index contributed by atoms with van der Waals surface area (Å²) in [6.45, 7) is 0. The van der Waals surface area contributed by atoms with Gasteiger partial charge < -0.3 is 21.4 Å². The third-order valence-corrected chi connectivity index (χ3v) is 7.70. The van der Waals surface area contributed by atoms with Crippen molar-refractivity contribution in [3.05, 3.63) is 27.0 Å². The number of hydrogen-bond acceptors (Lipinski definition) is 12. The summed E-state index contributed by atoms with van der Waals surface area (Å²) in [7, 11) is 0. The largest absolute Gasteiger partial charge is 0.477 e. The molecule has 162 valence electrons. The van der Waals surface area contributed by atoms with Crippen LogP contribution in [0.3, 0.4) is 0 Å². The van der Waals surface area contributed by atoms with Gasteiger partial charge in [-0.2, -0.15) is 5.10 Å². The first-order valence-electron chi connectivity index (χ1n) is 8.21. The number of β-lactam (4-membered cyclic amide) rings is 1. The van der Waals surface area contributed by atoms with Crippen molar-refractivity contribution in [2.24, 2.45) is 5.16 Å². The Balaban J connectivity index is 1.53. The van der Waals surface area contributed by atoms with Crippen molar-refractivity contribution in [2.75, 3.05) is 11.5 Å². The number of nitrogen functional groups attached to an aromatic ring is 1. The summed E-state index contributed by atoms with van der Waals surface area (Å²) in [4.78, 5) is 46.4. The van der Waals surface area contributed by atoms with Crippen molar-refractivity contribution >= 4 is 75.1 Å². The number of rotatable bonds is 6. The van der Waals surface area contributed by atoms with Crippen molar-refractivity contribution < 1.29 is 24.7 Å². The van der Waals surface area contributed by atoms with Crippen LogP contribution < -0.4 is 11.1 Å². The maximum atomic E-state index is 12.7. The van der Waals surface area contributed by atoms with Gasteiger partial charge in [0.2, 0.25) is 0 Å². The standard InChI is InChI=1S/C14H11ClN8O5S3/c15-8-4(20-13(16)31-8)5(22-28)9(24)19-6-10(25)23-7(12(26)27)3(1-29-11(6)23)30-14-17-2-18-21-14/h2,6,11,28H,1H2,(H2,16,20)(H,19,24)(H,26,27)(H,17,18,21)/b22-5+/t6-,11-/m1/s1. The fraction of sp³-hybridized carbons (Fsp3) is 0.214. The molecule has 0 aromatic carbocycles. The molecule has 0 unspecified atom stereocenters. The van der Waals surface area contributed by atoms with Gasteiger partial charge in [0.1, 0.15) is 33.5 Å². The van der Waals surface area contributed by atoms with Crippen LogP contribution in [-0.2, 0) is 14.4 Å². The van der Waals surface area contributed by atoms with Crippen LogP contribution in [0.15, 0.2) is 27.2 Å². The second-order valence-corrected chi connectivity index (χ2v) is 9.77. The number of carboxylic acids is 1. The number of hydrogen-bond donors (Lipinski definition) is 5. The second-order valence-electron chi connectivity index (χ2n) is 5.95. The number of nitrogens with zero attached hydrogens (tertiary/aromatic N) is 5. The van der Waals surface area contributed by atoms with E-state index >= 15 is 0 Å². The van der Waals surface area contributed by atoms with E-state index < -0.39 is 34.9 Å². The molecule has 2 aromatic heterocycles. The molecule has 0 spiro atoms. The van der Waals surface area contributed by atoms with E-state index in [1.807, 2.05) is 0 Å². The first-order chi connectivity index (χ1) is 14.8. The number of oxime groups is 1. The molecule has 0 aliphatic carbocycles. The molecule has 1 saturated heterocycles. The number of aromatic amines is 1. The van der Waals surface area contributed by atoms with Crippen LogP contribution in [0.1, 0.15) is 5.69 Å². The summed E-state index contributed by atoms with van der Waals surface area (Å²) in [6, 6.07) is -1.03. The van der Waals surface area contributed by atoms with Crippen LogP contribution in [0.25, 0.3) is 0 Å². The molecule has 1 fully saturated rings. The predicted molar refractivity (Wildman–Crippen MR) is 112 cm³/mol. The average molecular weight is 503 g/mol. The van der Waals surface area contributed by atoms with Gasteiger partial charge in [-0.1, -0.05) is 39.9 Å². The molecule has 0 radical (unpaired) electrons. The maximum Gasteiger partial charge on any atom is 0.353 e. The quantitative estimate of drug-likeness (QED) is 0.156. The Hall–Kier alpha value is -2.82. The van der Waals surface area contributed by atoms with E-state index in [1.54, 1.807) is 0 Å². The van der Waals surface area contributed by atoms with Gasteiger partial charge in [-0.15, -0.1) is 11.8 Å². The topological polar surface area (TPSA) is 200 Å². The lowest BCUT2D eigenvalue weighted by Gasteiger charge is -2.49. The number of aliphatic carboxylic acids is 1. The molecular formula is C14H11ClN8O5S3. The fourth-order valence-corrected chi connectivity index (χ4v) is 6.18. The Labute approximate surface area is 190 Å². The Morgan fingerprint density at radius 1 is 1.48 bits per heavy atom. The average Bonchev–Trinajstić information content (AvgIpc) is 3.35. The molecule has 2 aliphatic heterocycles. The zero-order valence-electron chi connectivity index (χ0n) is 15.0. The highest BCUT2D eigenvalue weighted by Crippen LogP contribution is 2.44. The van der Waals surface area contributed by atoms with E-state index in [9.17, 15) is 24.7 Å². The number of thioether (sulfide) groups is 2. The molecule has 13 nitrogen and oxygen atoms in total. The number of nitrogens with two attached hydrogens (primary N) is 1. The van der Waals surface area contributed by atoms with Crippen LogP contribution in [0.5, 0.6) is 0 Å². The van der Waals surface area contributed by atoms with Crippen molar-refractivity contribution in [2.45, 2.75) is 16.6 Å². The minimum atomic E-state index is -1.28. The summed E-state index contributed by atoms with van der Waals surface area (Å²) < 4.78 is 0.0410. The van der Waals surface area contributed by atoms with Gasteiger partial charge in [0, 0.05) is 10.7 Å².